The van der Waals surface area contributed by atoms with Crippen LogP contribution in [0.25, 0.3) is 11.3 Å². The van der Waals surface area contributed by atoms with Crippen LogP contribution in [-0.4, -0.2) is 44.6 Å². The van der Waals surface area contributed by atoms with Crippen molar-refractivity contribution < 1.29 is 0 Å². The number of rotatable bonds is 4. The lowest BCUT2D eigenvalue weighted by molar-refractivity contribution is 0.524. The highest BCUT2D eigenvalue weighted by Gasteiger charge is 2.25. The Labute approximate surface area is 146 Å². The van der Waals surface area contributed by atoms with E-state index in [2.05, 4.69) is 25.3 Å². The fourth-order valence-electron chi connectivity index (χ4n) is 2.08. The SMILES string of the molecule is CN(N)/C(CN(N)c1nc(C(C)(C)C)nc(-c2cn[nH]c2)c1N)=N\N. The predicted octanol–water partition coefficient (Wildman–Crippen LogP) is -0.496. The molecule has 2 aromatic heterocycles. The smallest absolute Gasteiger partial charge is 0.170 e. The van der Waals surface area contributed by atoms with Gasteiger partial charge in [0.15, 0.2) is 11.7 Å². The van der Waals surface area contributed by atoms with Gasteiger partial charge in [0, 0.05) is 24.2 Å². The van der Waals surface area contributed by atoms with Crippen molar-refractivity contribution >= 4 is 17.3 Å². The number of nitrogen functional groups attached to an aromatic ring is 1. The van der Waals surface area contributed by atoms with E-state index < -0.39 is 0 Å². The number of aromatic nitrogens is 4. The minimum absolute atomic E-state index is 0.124. The number of amidine groups is 1. The third-order valence-corrected chi connectivity index (χ3v) is 3.51. The van der Waals surface area contributed by atoms with Crippen LogP contribution >= 0.6 is 0 Å². The lowest BCUT2D eigenvalue weighted by Crippen LogP contribution is -2.46. The number of hydrazine groups is 2. The van der Waals surface area contributed by atoms with E-state index in [1.807, 2.05) is 20.8 Å². The number of likely N-dealkylation sites (N-methyl/N-ethyl adjacent to an activating group) is 1. The summed E-state index contributed by atoms with van der Waals surface area (Å²) >= 11 is 0. The van der Waals surface area contributed by atoms with Crippen LogP contribution in [0.15, 0.2) is 17.5 Å². The lowest BCUT2D eigenvalue weighted by atomic mass is 9.95. The predicted molar refractivity (Wildman–Crippen MR) is 97.8 cm³/mol. The second-order valence-electron chi connectivity index (χ2n) is 6.65. The Morgan fingerprint density at radius 3 is 2.44 bits per heavy atom. The zero-order chi connectivity index (χ0) is 18.8. The summed E-state index contributed by atoms with van der Waals surface area (Å²) in [6, 6.07) is 0. The maximum atomic E-state index is 6.28. The molecule has 0 amide bonds. The minimum atomic E-state index is -0.308. The summed E-state index contributed by atoms with van der Waals surface area (Å²) in [6.45, 7) is 6.13. The molecule has 0 aliphatic carbocycles. The second kappa shape index (κ2) is 6.91. The highest BCUT2D eigenvalue weighted by molar-refractivity contribution is 5.88. The van der Waals surface area contributed by atoms with Gasteiger partial charge >= 0.3 is 0 Å². The topological polar surface area (TPSA) is 177 Å². The van der Waals surface area contributed by atoms with Gasteiger partial charge in [-0.3, -0.25) is 15.1 Å². The first-order valence-corrected chi connectivity index (χ1v) is 7.59. The Morgan fingerprint density at radius 1 is 1.28 bits per heavy atom. The van der Waals surface area contributed by atoms with Gasteiger partial charge in [-0.15, -0.1) is 0 Å². The standard InChI is InChI=1S/C14H25N11/c1-14(2,3)13-21-11(8-5-19-20-6-8)10(15)12(22-13)25(18)7-9(23-16)24(4)17/h5-6H,7,15-18H2,1-4H3,(H,19,20)/b23-9-. The normalized spacial score (nSPS) is 12.3. The molecule has 11 heteroatoms. The van der Waals surface area contributed by atoms with E-state index in [0.29, 0.717) is 28.9 Å². The van der Waals surface area contributed by atoms with Gasteiger partial charge in [-0.05, 0) is 0 Å². The quantitative estimate of drug-likeness (QED) is 0.211. The first-order chi connectivity index (χ1) is 11.6. The summed E-state index contributed by atoms with van der Waals surface area (Å²) < 4.78 is 0. The molecule has 2 aromatic rings. The van der Waals surface area contributed by atoms with E-state index in [9.17, 15) is 0 Å². The Hall–Kier alpha value is -2.92. The highest BCUT2D eigenvalue weighted by Crippen LogP contribution is 2.32. The molecular weight excluding hydrogens is 322 g/mol. The molecule has 2 heterocycles. The number of aromatic amines is 1. The van der Waals surface area contributed by atoms with Crippen LogP contribution in [0.3, 0.4) is 0 Å². The number of anilines is 2. The largest absolute Gasteiger partial charge is 0.394 e. The number of nitrogens with one attached hydrogen (secondary N) is 1. The molecule has 0 spiro atoms. The van der Waals surface area contributed by atoms with Crippen LogP contribution in [-0.2, 0) is 5.41 Å². The molecule has 0 aliphatic heterocycles. The van der Waals surface area contributed by atoms with Crippen molar-refractivity contribution in [2.75, 3.05) is 24.3 Å². The van der Waals surface area contributed by atoms with Gasteiger partial charge in [0.05, 0.1) is 12.7 Å². The van der Waals surface area contributed by atoms with Crippen LogP contribution in [0, 0.1) is 0 Å². The van der Waals surface area contributed by atoms with Gasteiger partial charge in [0.25, 0.3) is 0 Å². The molecule has 11 nitrogen and oxygen atoms in total. The fraction of sp³-hybridized carbons (Fsp3) is 0.429. The lowest BCUT2D eigenvalue weighted by Gasteiger charge is -2.26. The summed E-state index contributed by atoms with van der Waals surface area (Å²) in [4.78, 5) is 9.13. The third kappa shape index (κ3) is 3.95. The van der Waals surface area contributed by atoms with Gasteiger partial charge < -0.3 is 11.6 Å². The van der Waals surface area contributed by atoms with Gasteiger partial charge in [-0.2, -0.15) is 10.2 Å². The van der Waals surface area contributed by atoms with Crippen molar-refractivity contribution in [2.24, 2.45) is 22.6 Å². The van der Waals surface area contributed by atoms with Gasteiger partial charge in [0.1, 0.15) is 17.2 Å². The number of H-pyrrole nitrogens is 1. The van der Waals surface area contributed by atoms with E-state index in [4.69, 9.17) is 23.3 Å². The molecule has 0 bridgehead atoms. The Kier molecular flexibility index (Phi) is 5.09. The minimum Gasteiger partial charge on any atom is -0.394 e. The van der Waals surface area contributed by atoms with Crippen LogP contribution < -0.4 is 28.3 Å². The van der Waals surface area contributed by atoms with E-state index in [1.54, 1.807) is 19.4 Å². The highest BCUT2D eigenvalue weighted by atomic mass is 15.5. The molecule has 0 aromatic carbocycles. The summed E-state index contributed by atoms with van der Waals surface area (Å²) in [7, 11) is 1.61. The Bertz CT molecular complexity index is 743. The van der Waals surface area contributed by atoms with Crippen molar-refractivity contribution in [3.63, 3.8) is 0 Å². The first-order valence-electron chi connectivity index (χ1n) is 7.59. The first kappa shape index (κ1) is 18.4. The van der Waals surface area contributed by atoms with Gasteiger partial charge in [0.2, 0.25) is 0 Å². The zero-order valence-electron chi connectivity index (χ0n) is 14.9. The van der Waals surface area contributed by atoms with Crippen molar-refractivity contribution in [3.05, 3.63) is 18.2 Å². The summed E-state index contributed by atoms with van der Waals surface area (Å²) in [5, 5.41) is 12.9. The van der Waals surface area contributed by atoms with E-state index in [1.165, 1.54) is 10.0 Å². The molecule has 136 valence electrons. The number of hydrazone groups is 1. The molecule has 0 saturated heterocycles. The maximum Gasteiger partial charge on any atom is 0.170 e. The molecular formula is C14H25N11. The van der Waals surface area contributed by atoms with Crippen molar-refractivity contribution in [3.8, 4) is 11.3 Å². The number of hydrogen-bond acceptors (Lipinski definition) is 9. The molecule has 0 saturated carbocycles. The summed E-state index contributed by atoms with van der Waals surface area (Å²) in [5.41, 5.74) is 7.58. The number of nitrogens with zero attached hydrogens (tertiary/aromatic N) is 6. The molecule has 0 aliphatic rings. The van der Waals surface area contributed by atoms with Gasteiger partial charge in [-0.25, -0.2) is 21.7 Å². The Morgan fingerprint density at radius 2 is 1.96 bits per heavy atom. The van der Waals surface area contributed by atoms with Crippen molar-refractivity contribution in [1.82, 2.24) is 25.2 Å². The monoisotopic (exact) mass is 347 g/mol. The average molecular weight is 347 g/mol. The number of nitrogens with two attached hydrogens (primary N) is 4. The fourth-order valence-corrected chi connectivity index (χ4v) is 2.08. The molecule has 2 rings (SSSR count). The summed E-state index contributed by atoms with van der Waals surface area (Å²) in [6.07, 6.45) is 3.34. The van der Waals surface area contributed by atoms with Crippen molar-refractivity contribution in [2.45, 2.75) is 26.2 Å². The van der Waals surface area contributed by atoms with Crippen LogP contribution in [0.1, 0.15) is 26.6 Å². The van der Waals surface area contributed by atoms with Crippen molar-refractivity contribution in [1.29, 1.82) is 0 Å². The average Bonchev–Trinajstić information content (AvgIpc) is 3.05. The molecule has 0 unspecified atom stereocenters. The maximum absolute atomic E-state index is 6.28. The second-order valence-corrected chi connectivity index (χ2v) is 6.65. The van der Waals surface area contributed by atoms with Crippen LogP contribution in [0.2, 0.25) is 0 Å². The molecule has 0 fully saturated rings. The van der Waals surface area contributed by atoms with Gasteiger partial charge in [-0.1, -0.05) is 20.8 Å². The van der Waals surface area contributed by atoms with E-state index in [-0.39, 0.29) is 12.0 Å². The molecule has 9 N–H and O–H groups in total. The van der Waals surface area contributed by atoms with Crippen LogP contribution in [0.5, 0.6) is 0 Å². The number of hydrogen-bond donors (Lipinski definition) is 5. The zero-order valence-corrected chi connectivity index (χ0v) is 14.9. The van der Waals surface area contributed by atoms with Crippen LogP contribution in [0.4, 0.5) is 11.5 Å². The van der Waals surface area contributed by atoms with E-state index in [0.717, 1.165) is 5.56 Å². The molecule has 25 heavy (non-hydrogen) atoms. The Balaban J connectivity index is 2.55. The molecule has 0 atom stereocenters. The molecule has 0 radical (unpaired) electrons. The van der Waals surface area contributed by atoms with E-state index >= 15 is 0 Å². The third-order valence-electron chi connectivity index (χ3n) is 3.51. The summed E-state index contributed by atoms with van der Waals surface area (Å²) in [5.74, 6) is 18.5.